The maximum atomic E-state index is 13.4. The first-order chi connectivity index (χ1) is 14.0. The van der Waals surface area contributed by atoms with Crippen LogP contribution in [0.4, 0.5) is 0 Å². The highest BCUT2D eigenvalue weighted by molar-refractivity contribution is 7.89. The van der Waals surface area contributed by atoms with E-state index in [0.717, 1.165) is 9.87 Å². The predicted octanol–water partition coefficient (Wildman–Crippen LogP) is 3.56. The molecule has 0 saturated heterocycles. The zero-order valence-corrected chi connectivity index (χ0v) is 18.9. The van der Waals surface area contributed by atoms with E-state index in [9.17, 15) is 18.0 Å². The summed E-state index contributed by atoms with van der Waals surface area (Å²) in [6, 6.07) is 11.9. The van der Waals surface area contributed by atoms with Crippen LogP contribution in [0, 0.1) is 5.92 Å². The molecular weight excluding hydrogens is 424 g/mol. The van der Waals surface area contributed by atoms with Gasteiger partial charge in [-0.05, 0) is 54.7 Å². The van der Waals surface area contributed by atoms with Crippen molar-refractivity contribution in [3.05, 3.63) is 64.7 Å². The molecule has 0 unspecified atom stereocenters. The minimum absolute atomic E-state index is 0.0222. The van der Waals surface area contributed by atoms with Gasteiger partial charge < -0.3 is 5.73 Å². The summed E-state index contributed by atoms with van der Waals surface area (Å²) in [5.74, 6) is -0.599. The first-order valence-electron chi connectivity index (χ1n) is 9.64. The van der Waals surface area contributed by atoms with Gasteiger partial charge >= 0.3 is 0 Å². The van der Waals surface area contributed by atoms with Crippen LogP contribution in [-0.4, -0.2) is 30.5 Å². The number of carbonyl (C=O) groups excluding carboxylic acids is 2. The number of ketones is 1. The summed E-state index contributed by atoms with van der Waals surface area (Å²) in [4.78, 5) is 23.6. The Morgan fingerprint density at radius 1 is 1.00 bits per heavy atom. The van der Waals surface area contributed by atoms with Gasteiger partial charge in [0.15, 0.2) is 0 Å². The van der Waals surface area contributed by atoms with Gasteiger partial charge in [-0.15, -0.1) is 0 Å². The molecule has 1 amide bonds. The number of primary amides is 1. The Labute approximate surface area is 183 Å². The number of sulfonamides is 1. The normalized spacial score (nSPS) is 12.9. The molecule has 2 rings (SSSR count). The maximum Gasteiger partial charge on any atom is 0.244 e. The average Bonchev–Trinajstić information content (AvgIpc) is 2.65. The van der Waals surface area contributed by atoms with Crippen molar-refractivity contribution in [3.8, 4) is 0 Å². The van der Waals surface area contributed by atoms with Gasteiger partial charge in [0.1, 0.15) is 11.8 Å². The lowest BCUT2D eigenvalue weighted by Crippen LogP contribution is -2.48. The SMILES string of the molecule is CC(=O)Cc1ccc(CN([C@H](CC(C)C)C(N)=O)S(=O)(=O)c2ccc(Cl)cc2)cc1. The van der Waals surface area contributed by atoms with E-state index in [1.165, 1.54) is 31.2 Å². The first-order valence-corrected chi connectivity index (χ1v) is 11.5. The number of amides is 1. The van der Waals surface area contributed by atoms with Gasteiger partial charge in [0.2, 0.25) is 15.9 Å². The summed E-state index contributed by atoms with van der Waals surface area (Å²) < 4.78 is 28.0. The van der Waals surface area contributed by atoms with Gasteiger partial charge in [-0.25, -0.2) is 8.42 Å². The number of hydrogen-bond donors (Lipinski definition) is 1. The van der Waals surface area contributed by atoms with E-state index < -0.39 is 22.0 Å². The first kappa shape index (κ1) is 24.1. The van der Waals surface area contributed by atoms with Gasteiger partial charge in [0.25, 0.3) is 0 Å². The minimum atomic E-state index is -4.02. The number of Topliss-reactive ketones (excluding diaryl/α,β-unsaturated/α-hetero) is 1. The lowest BCUT2D eigenvalue weighted by Gasteiger charge is -2.30. The number of carbonyl (C=O) groups is 2. The summed E-state index contributed by atoms with van der Waals surface area (Å²) >= 11 is 5.90. The molecule has 0 aliphatic heterocycles. The van der Waals surface area contributed by atoms with E-state index in [4.69, 9.17) is 17.3 Å². The fourth-order valence-electron chi connectivity index (χ4n) is 3.16. The molecule has 30 heavy (non-hydrogen) atoms. The van der Waals surface area contributed by atoms with Crippen LogP contribution in [0.5, 0.6) is 0 Å². The van der Waals surface area contributed by atoms with Crippen molar-refractivity contribution in [2.24, 2.45) is 11.7 Å². The van der Waals surface area contributed by atoms with Gasteiger partial charge in [-0.2, -0.15) is 4.31 Å². The molecule has 0 heterocycles. The Bertz CT molecular complexity index is 987. The molecule has 0 aliphatic carbocycles. The van der Waals surface area contributed by atoms with E-state index >= 15 is 0 Å². The second-order valence-electron chi connectivity index (χ2n) is 7.75. The van der Waals surface area contributed by atoms with E-state index in [1.807, 2.05) is 13.8 Å². The molecule has 2 N–H and O–H groups in total. The van der Waals surface area contributed by atoms with Crippen molar-refractivity contribution in [3.63, 3.8) is 0 Å². The quantitative estimate of drug-likeness (QED) is 0.598. The molecule has 0 aliphatic rings. The van der Waals surface area contributed by atoms with Crippen LogP contribution < -0.4 is 5.73 Å². The van der Waals surface area contributed by atoms with Gasteiger partial charge in [-0.1, -0.05) is 49.7 Å². The lowest BCUT2D eigenvalue weighted by atomic mass is 10.0. The third-order valence-corrected chi connectivity index (χ3v) is 6.73. The van der Waals surface area contributed by atoms with Crippen molar-refractivity contribution in [2.45, 2.75) is 51.1 Å². The van der Waals surface area contributed by atoms with Crippen molar-refractivity contribution < 1.29 is 18.0 Å². The number of nitrogens with two attached hydrogens (primary N) is 1. The number of benzene rings is 2. The summed E-state index contributed by atoms with van der Waals surface area (Å²) in [5.41, 5.74) is 7.14. The fourth-order valence-corrected chi connectivity index (χ4v) is 4.88. The zero-order valence-electron chi connectivity index (χ0n) is 17.3. The van der Waals surface area contributed by atoms with E-state index in [1.54, 1.807) is 24.3 Å². The summed E-state index contributed by atoms with van der Waals surface area (Å²) in [5, 5.41) is 0.412. The molecule has 6 nitrogen and oxygen atoms in total. The summed E-state index contributed by atoms with van der Waals surface area (Å²) in [6.45, 7) is 5.29. The van der Waals surface area contributed by atoms with Crippen LogP contribution in [0.1, 0.15) is 38.3 Å². The molecule has 2 aromatic carbocycles. The highest BCUT2D eigenvalue weighted by atomic mass is 35.5. The Kier molecular flexibility index (Phi) is 8.18. The second kappa shape index (κ2) is 10.2. The zero-order chi connectivity index (χ0) is 22.5. The van der Waals surface area contributed by atoms with Crippen molar-refractivity contribution in [1.29, 1.82) is 0 Å². The van der Waals surface area contributed by atoms with Gasteiger partial charge in [0, 0.05) is 18.0 Å². The van der Waals surface area contributed by atoms with Crippen LogP contribution in [0.3, 0.4) is 0 Å². The van der Waals surface area contributed by atoms with Crippen molar-refractivity contribution in [2.75, 3.05) is 0 Å². The summed E-state index contributed by atoms with van der Waals surface area (Å²) in [6.07, 6.45) is 0.606. The second-order valence-corrected chi connectivity index (χ2v) is 10.1. The standard InChI is InChI=1S/C22H27ClN2O4S/c1-15(2)12-21(22(24)27)25(30(28,29)20-10-8-19(23)9-11-20)14-18-6-4-17(5-7-18)13-16(3)26/h4-11,15,21H,12-14H2,1-3H3,(H2,24,27)/t21-/m1/s1. The molecule has 0 radical (unpaired) electrons. The Morgan fingerprint density at radius 3 is 2.00 bits per heavy atom. The van der Waals surface area contributed by atoms with Crippen LogP contribution in [0.15, 0.2) is 53.4 Å². The van der Waals surface area contributed by atoms with Crippen LogP contribution >= 0.6 is 11.6 Å². The predicted molar refractivity (Wildman–Crippen MR) is 117 cm³/mol. The van der Waals surface area contributed by atoms with E-state index in [-0.39, 0.29) is 23.1 Å². The smallest absolute Gasteiger partial charge is 0.244 e. The molecule has 2 aromatic rings. The highest BCUT2D eigenvalue weighted by Gasteiger charge is 2.35. The van der Waals surface area contributed by atoms with Crippen molar-refractivity contribution >= 4 is 33.3 Å². The molecule has 0 spiro atoms. The molecule has 0 saturated carbocycles. The Morgan fingerprint density at radius 2 is 1.53 bits per heavy atom. The monoisotopic (exact) mass is 450 g/mol. The number of hydrogen-bond acceptors (Lipinski definition) is 4. The highest BCUT2D eigenvalue weighted by Crippen LogP contribution is 2.25. The summed E-state index contributed by atoms with van der Waals surface area (Å²) in [7, 11) is -4.02. The van der Waals surface area contributed by atoms with Crippen LogP contribution in [-0.2, 0) is 32.6 Å². The largest absolute Gasteiger partial charge is 0.368 e. The average molecular weight is 451 g/mol. The number of rotatable bonds is 10. The van der Waals surface area contributed by atoms with E-state index in [2.05, 4.69) is 0 Å². The molecule has 0 aromatic heterocycles. The van der Waals surface area contributed by atoms with E-state index in [0.29, 0.717) is 23.4 Å². The molecule has 0 bridgehead atoms. The minimum Gasteiger partial charge on any atom is -0.368 e. The van der Waals surface area contributed by atoms with Gasteiger partial charge in [-0.3, -0.25) is 9.59 Å². The molecule has 0 fully saturated rings. The topological polar surface area (TPSA) is 97.5 Å². The number of nitrogens with zero attached hydrogens (tertiary/aromatic N) is 1. The van der Waals surface area contributed by atoms with Crippen molar-refractivity contribution in [1.82, 2.24) is 4.31 Å². The van der Waals surface area contributed by atoms with Gasteiger partial charge in [0.05, 0.1) is 4.90 Å². The molecule has 8 heteroatoms. The molecule has 1 atom stereocenters. The van der Waals surface area contributed by atoms with Crippen LogP contribution in [0.25, 0.3) is 0 Å². The maximum absolute atomic E-state index is 13.4. The Hall–Kier alpha value is -2.22. The fraction of sp³-hybridized carbons (Fsp3) is 0.364. The number of halogens is 1. The third kappa shape index (κ3) is 6.39. The van der Waals surface area contributed by atoms with Crippen LogP contribution in [0.2, 0.25) is 5.02 Å². The Balaban J connectivity index is 2.46. The molecular formula is C22H27ClN2O4S. The lowest BCUT2D eigenvalue weighted by molar-refractivity contribution is -0.122. The molecule has 162 valence electrons. The third-order valence-electron chi connectivity index (χ3n) is 4.61.